The number of rotatable bonds is 2. The molecule has 2 aromatic rings. The van der Waals surface area contributed by atoms with Crippen LogP contribution in [0.3, 0.4) is 0 Å². The Bertz CT molecular complexity index is 673. The van der Waals surface area contributed by atoms with Gasteiger partial charge in [0.05, 0.1) is 11.3 Å². The van der Waals surface area contributed by atoms with Crippen molar-refractivity contribution in [2.75, 3.05) is 0 Å². The summed E-state index contributed by atoms with van der Waals surface area (Å²) in [6, 6.07) is 3.64. The second-order valence-corrected chi connectivity index (χ2v) is 4.86. The van der Waals surface area contributed by atoms with Crippen LogP contribution in [-0.2, 0) is 0 Å². The van der Waals surface area contributed by atoms with Crippen LogP contribution < -0.4 is 5.73 Å². The van der Waals surface area contributed by atoms with Crippen molar-refractivity contribution in [3.8, 4) is 17.0 Å². The van der Waals surface area contributed by atoms with Crippen LogP contribution in [0.25, 0.3) is 11.3 Å². The van der Waals surface area contributed by atoms with E-state index in [9.17, 15) is 18.3 Å². The summed E-state index contributed by atoms with van der Waals surface area (Å²) in [6.07, 6.45) is 2.35. The molecule has 0 bridgehead atoms. The predicted octanol–water partition coefficient (Wildman–Crippen LogP) is 2.69. The summed E-state index contributed by atoms with van der Waals surface area (Å²) in [7, 11) is 0. The van der Waals surface area contributed by atoms with Gasteiger partial charge in [0.25, 0.3) is 0 Å². The lowest BCUT2D eigenvalue weighted by molar-refractivity contribution is 0.392. The van der Waals surface area contributed by atoms with Gasteiger partial charge in [-0.1, -0.05) is 6.07 Å². The number of phenols is 1. The molecule has 1 heterocycles. The molecule has 0 saturated heterocycles. The van der Waals surface area contributed by atoms with Crippen LogP contribution >= 0.6 is 0 Å². The van der Waals surface area contributed by atoms with Crippen molar-refractivity contribution < 1.29 is 18.3 Å². The van der Waals surface area contributed by atoms with Crippen molar-refractivity contribution in [2.24, 2.45) is 5.73 Å². The van der Waals surface area contributed by atoms with E-state index in [1.807, 2.05) is 0 Å². The summed E-state index contributed by atoms with van der Waals surface area (Å²) in [5, 5.41) is 9.20. The van der Waals surface area contributed by atoms with E-state index >= 15 is 0 Å². The highest BCUT2D eigenvalue weighted by Gasteiger charge is 2.35. The van der Waals surface area contributed by atoms with E-state index in [0.717, 1.165) is 12.0 Å². The molecule has 0 spiro atoms. The zero-order valence-electron chi connectivity index (χ0n) is 10.3. The molecule has 1 aliphatic carbocycles. The third-order valence-electron chi connectivity index (χ3n) is 3.46. The Morgan fingerprint density at radius 2 is 1.90 bits per heavy atom. The Morgan fingerprint density at radius 1 is 1.20 bits per heavy atom. The van der Waals surface area contributed by atoms with Crippen LogP contribution in [0.5, 0.6) is 5.75 Å². The van der Waals surface area contributed by atoms with Gasteiger partial charge in [0.15, 0.2) is 17.4 Å². The Morgan fingerprint density at radius 3 is 2.45 bits per heavy atom. The fraction of sp³-hybridized carbons (Fsp3) is 0.214. The molecular weight excluding hydrogens is 269 g/mol. The van der Waals surface area contributed by atoms with Gasteiger partial charge in [0, 0.05) is 24.2 Å². The molecule has 104 valence electrons. The molecular formula is C14H11F3N2O. The number of hydrogen-bond acceptors (Lipinski definition) is 3. The fourth-order valence-electron chi connectivity index (χ4n) is 2.19. The topological polar surface area (TPSA) is 59.1 Å². The molecule has 20 heavy (non-hydrogen) atoms. The average Bonchev–Trinajstić information content (AvgIpc) is 3.14. The highest BCUT2D eigenvalue weighted by Crippen LogP contribution is 2.39. The zero-order chi connectivity index (χ0) is 14.4. The van der Waals surface area contributed by atoms with Crippen molar-refractivity contribution >= 4 is 0 Å². The lowest BCUT2D eigenvalue weighted by Gasteiger charge is -2.07. The second-order valence-electron chi connectivity index (χ2n) is 4.86. The van der Waals surface area contributed by atoms with Crippen molar-refractivity contribution in [1.29, 1.82) is 0 Å². The molecule has 1 aliphatic rings. The largest absolute Gasteiger partial charge is 0.503 e. The smallest absolute Gasteiger partial charge is 0.188 e. The number of halogens is 3. The average molecular weight is 280 g/mol. The number of nitrogens with two attached hydrogens (primary N) is 1. The summed E-state index contributed by atoms with van der Waals surface area (Å²) in [5.41, 5.74) is 6.05. The minimum Gasteiger partial charge on any atom is -0.503 e. The summed E-state index contributed by atoms with van der Waals surface area (Å²) in [4.78, 5) is 3.97. The Kier molecular flexibility index (Phi) is 2.90. The first kappa shape index (κ1) is 12.9. The molecule has 1 fully saturated rings. The molecule has 0 amide bonds. The third-order valence-corrected chi connectivity index (χ3v) is 3.46. The van der Waals surface area contributed by atoms with E-state index in [-0.39, 0.29) is 17.7 Å². The minimum atomic E-state index is -1.36. The first-order valence-electron chi connectivity index (χ1n) is 6.07. The summed E-state index contributed by atoms with van der Waals surface area (Å²) >= 11 is 0. The van der Waals surface area contributed by atoms with Gasteiger partial charge in [-0.2, -0.15) is 0 Å². The van der Waals surface area contributed by atoms with E-state index in [2.05, 4.69) is 4.98 Å². The van der Waals surface area contributed by atoms with E-state index in [4.69, 9.17) is 5.73 Å². The highest BCUT2D eigenvalue weighted by atomic mass is 19.1. The number of aromatic hydroxyl groups is 1. The molecule has 3 nitrogen and oxygen atoms in total. The fourth-order valence-corrected chi connectivity index (χ4v) is 2.19. The number of aromatic nitrogens is 1. The van der Waals surface area contributed by atoms with Gasteiger partial charge in [-0.25, -0.2) is 13.2 Å². The first-order chi connectivity index (χ1) is 9.49. The Labute approximate surface area is 112 Å². The molecule has 0 radical (unpaired) electrons. The lowest BCUT2D eigenvalue weighted by Crippen LogP contribution is -2.01. The SMILES string of the molecule is N[C@H]1CC1c1ccc(-c2c(F)cc(F)c(O)c2F)nc1. The monoisotopic (exact) mass is 280 g/mol. The molecule has 2 atom stereocenters. The van der Waals surface area contributed by atoms with Crippen LogP contribution in [0.1, 0.15) is 17.9 Å². The van der Waals surface area contributed by atoms with Gasteiger partial charge in [0.1, 0.15) is 5.82 Å². The maximum absolute atomic E-state index is 13.8. The standard InChI is InChI=1S/C14H11F3N2O/c15-8-4-9(16)14(20)13(17)12(8)11-2-1-6(5-19-11)7-3-10(7)18/h1-2,4-5,7,10,20H,3,18H2/t7?,10-/m0/s1. The van der Waals surface area contributed by atoms with Gasteiger partial charge in [-0.3, -0.25) is 4.98 Å². The van der Waals surface area contributed by atoms with Gasteiger partial charge in [0.2, 0.25) is 0 Å². The molecule has 1 saturated carbocycles. The van der Waals surface area contributed by atoms with E-state index in [0.29, 0.717) is 6.07 Å². The summed E-state index contributed by atoms with van der Waals surface area (Å²) < 4.78 is 40.4. The zero-order valence-corrected chi connectivity index (χ0v) is 10.3. The molecule has 6 heteroatoms. The van der Waals surface area contributed by atoms with E-state index < -0.39 is 28.8 Å². The van der Waals surface area contributed by atoms with Gasteiger partial charge < -0.3 is 10.8 Å². The van der Waals surface area contributed by atoms with Crippen LogP contribution in [-0.4, -0.2) is 16.1 Å². The van der Waals surface area contributed by atoms with Gasteiger partial charge in [-0.05, 0) is 18.1 Å². The molecule has 1 unspecified atom stereocenters. The predicted molar refractivity (Wildman–Crippen MR) is 66.5 cm³/mol. The third kappa shape index (κ3) is 2.02. The maximum Gasteiger partial charge on any atom is 0.188 e. The quantitative estimate of drug-likeness (QED) is 0.889. The van der Waals surface area contributed by atoms with Crippen molar-refractivity contribution in [3.05, 3.63) is 47.4 Å². The van der Waals surface area contributed by atoms with E-state index in [1.54, 1.807) is 6.07 Å². The Balaban J connectivity index is 2.03. The lowest BCUT2D eigenvalue weighted by atomic mass is 10.1. The first-order valence-corrected chi connectivity index (χ1v) is 6.07. The number of nitrogens with zero attached hydrogens (tertiary/aromatic N) is 1. The van der Waals surface area contributed by atoms with Crippen LogP contribution in [0.15, 0.2) is 24.4 Å². The molecule has 3 rings (SSSR count). The number of benzene rings is 1. The van der Waals surface area contributed by atoms with Crippen molar-refractivity contribution in [2.45, 2.75) is 18.4 Å². The second kappa shape index (κ2) is 4.49. The van der Waals surface area contributed by atoms with Gasteiger partial charge >= 0.3 is 0 Å². The van der Waals surface area contributed by atoms with Crippen molar-refractivity contribution in [1.82, 2.24) is 4.98 Å². The van der Waals surface area contributed by atoms with Crippen LogP contribution in [0, 0.1) is 17.5 Å². The maximum atomic E-state index is 13.8. The number of phenolic OH excluding ortho intramolecular Hbond substituents is 1. The van der Waals surface area contributed by atoms with Crippen LogP contribution in [0.4, 0.5) is 13.2 Å². The highest BCUT2D eigenvalue weighted by molar-refractivity contribution is 5.63. The van der Waals surface area contributed by atoms with Gasteiger partial charge in [-0.15, -0.1) is 0 Å². The number of pyridine rings is 1. The van der Waals surface area contributed by atoms with E-state index in [1.165, 1.54) is 12.3 Å². The summed E-state index contributed by atoms with van der Waals surface area (Å²) in [6.45, 7) is 0. The normalized spacial score (nSPS) is 21.0. The molecule has 0 aliphatic heterocycles. The van der Waals surface area contributed by atoms with Crippen LogP contribution in [0.2, 0.25) is 0 Å². The number of hydrogen-bond donors (Lipinski definition) is 2. The summed E-state index contributed by atoms with van der Waals surface area (Å²) in [5.74, 6) is -4.79. The molecule has 1 aromatic carbocycles. The Hall–Kier alpha value is -2.08. The molecule has 1 aromatic heterocycles. The molecule has 3 N–H and O–H groups in total. The van der Waals surface area contributed by atoms with Crippen molar-refractivity contribution in [3.63, 3.8) is 0 Å². The minimum absolute atomic E-state index is 0.00623.